The minimum absolute atomic E-state index is 0.0876. The Bertz CT molecular complexity index is 1020. The van der Waals surface area contributed by atoms with Crippen LogP contribution in [0, 0.1) is 18.6 Å². The Balaban J connectivity index is 1.87. The average molecular weight is 415 g/mol. The van der Waals surface area contributed by atoms with Gasteiger partial charge in [0, 0.05) is 6.07 Å². The lowest BCUT2D eigenvalue weighted by Crippen LogP contribution is -2.14. The van der Waals surface area contributed by atoms with Crippen LogP contribution in [0.15, 0.2) is 35.8 Å². The molecule has 28 heavy (non-hydrogen) atoms. The quantitative estimate of drug-likeness (QED) is 0.596. The van der Waals surface area contributed by atoms with Gasteiger partial charge in [0.1, 0.15) is 17.1 Å². The lowest BCUT2D eigenvalue weighted by Gasteiger charge is -2.13. The normalized spacial score (nSPS) is 11.4. The standard InChI is InChI=1S/C17H10F5N3O2S/c1-8-2-9(17(20,21)22)4-10(3-8)27-14-6-12(18)11(5-13(14)19)15(26)24-16-25-23-7-28-16/h2-7H,1H3,(H,24,25,26). The van der Waals surface area contributed by atoms with Gasteiger partial charge in [-0.1, -0.05) is 11.3 Å². The molecule has 0 aliphatic carbocycles. The van der Waals surface area contributed by atoms with E-state index in [1.54, 1.807) is 0 Å². The van der Waals surface area contributed by atoms with Crippen LogP contribution in [0.5, 0.6) is 11.5 Å². The maximum Gasteiger partial charge on any atom is 0.416 e. The number of nitrogens with one attached hydrogen (secondary N) is 1. The molecule has 11 heteroatoms. The summed E-state index contributed by atoms with van der Waals surface area (Å²) in [5, 5.41) is 9.36. The summed E-state index contributed by atoms with van der Waals surface area (Å²) < 4.78 is 72.2. The summed E-state index contributed by atoms with van der Waals surface area (Å²) in [5.74, 6) is -4.20. The largest absolute Gasteiger partial charge is 0.454 e. The monoisotopic (exact) mass is 415 g/mol. The van der Waals surface area contributed by atoms with Crippen molar-refractivity contribution in [3.8, 4) is 11.5 Å². The van der Waals surface area contributed by atoms with Crippen LogP contribution in [0.25, 0.3) is 0 Å². The predicted octanol–water partition coefficient (Wildman–Crippen LogP) is 5.19. The van der Waals surface area contributed by atoms with E-state index in [1.807, 2.05) is 0 Å². The lowest BCUT2D eigenvalue weighted by molar-refractivity contribution is -0.137. The maximum absolute atomic E-state index is 14.3. The van der Waals surface area contributed by atoms with Gasteiger partial charge in [-0.3, -0.25) is 10.1 Å². The Kier molecular flexibility index (Phi) is 5.27. The van der Waals surface area contributed by atoms with Gasteiger partial charge < -0.3 is 4.74 Å². The van der Waals surface area contributed by atoms with Crippen molar-refractivity contribution in [2.24, 2.45) is 0 Å². The summed E-state index contributed by atoms with van der Waals surface area (Å²) in [6.45, 7) is 1.40. The number of halogens is 5. The van der Waals surface area contributed by atoms with E-state index in [0.29, 0.717) is 18.2 Å². The van der Waals surface area contributed by atoms with Gasteiger partial charge in [-0.25, -0.2) is 8.78 Å². The van der Waals surface area contributed by atoms with Crippen LogP contribution in [0.4, 0.5) is 27.1 Å². The zero-order valence-electron chi connectivity index (χ0n) is 14.0. The maximum atomic E-state index is 14.3. The summed E-state index contributed by atoms with van der Waals surface area (Å²) in [7, 11) is 0. The summed E-state index contributed by atoms with van der Waals surface area (Å²) in [6.07, 6.45) is -4.62. The number of carbonyl (C=O) groups excluding carboxylic acids is 1. The molecule has 0 spiro atoms. The predicted molar refractivity (Wildman–Crippen MR) is 90.5 cm³/mol. The van der Waals surface area contributed by atoms with Crippen molar-refractivity contribution in [2.45, 2.75) is 13.1 Å². The number of carbonyl (C=O) groups is 1. The van der Waals surface area contributed by atoms with Crippen LogP contribution in [-0.4, -0.2) is 16.1 Å². The average Bonchev–Trinajstić information content (AvgIpc) is 3.09. The molecular weight excluding hydrogens is 405 g/mol. The Labute approximate surface area is 158 Å². The molecule has 0 fully saturated rings. The van der Waals surface area contributed by atoms with E-state index in [4.69, 9.17) is 4.74 Å². The van der Waals surface area contributed by atoms with Crippen molar-refractivity contribution in [2.75, 3.05) is 5.32 Å². The fourth-order valence-corrected chi connectivity index (χ4v) is 2.71. The van der Waals surface area contributed by atoms with Crippen LogP contribution in [-0.2, 0) is 6.18 Å². The number of hydrogen-bond donors (Lipinski definition) is 1. The van der Waals surface area contributed by atoms with Gasteiger partial charge in [0.15, 0.2) is 11.6 Å². The van der Waals surface area contributed by atoms with Crippen molar-refractivity contribution in [3.05, 3.63) is 64.2 Å². The molecule has 2 aromatic carbocycles. The second kappa shape index (κ2) is 7.50. The smallest absolute Gasteiger partial charge is 0.416 e. The number of amides is 1. The fourth-order valence-electron chi connectivity index (χ4n) is 2.27. The third-order valence-electron chi connectivity index (χ3n) is 3.45. The molecule has 1 heterocycles. The highest BCUT2D eigenvalue weighted by Crippen LogP contribution is 2.35. The highest BCUT2D eigenvalue weighted by Gasteiger charge is 2.31. The van der Waals surface area contributed by atoms with Crippen LogP contribution < -0.4 is 10.1 Å². The molecule has 1 aromatic heterocycles. The molecule has 1 amide bonds. The van der Waals surface area contributed by atoms with Gasteiger partial charge in [0.05, 0.1) is 11.1 Å². The molecule has 3 aromatic rings. The third-order valence-corrected chi connectivity index (χ3v) is 4.06. The Morgan fingerprint density at radius 3 is 2.50 bits per heavy atom. The van der Waals surface area contributed by atoms with Gasteiger partial charge in [-0.15, -0.1) is 10.2 Å². The molecular formula is C17H10F5N3O2S. The zero-order chi connectivity index (χ0) is 20.5. The molecule has 3 rings (SSSR count). The third kappa shape index (κ3) is 4.42. The number of alkyl halides is 3. The number of benzene rings is 2. The zero-order valence-corrected chi connectivity index (χ0v) is 14.8. The summed E-state index contributed by atoms with van der Waals surface area (Å²) >= 11 is 0.979. The Hall–Kier alpha value is -3.08. The van der Waals surface area contributed by atoms with Crippen molar-refractivity contribution < 1.29 is 31.5 Å². The minimum atomic E-state index is -4.62. The van der Waals surface area contributed by atoms with E-state index >= 15 is 0 Å². The summed E-state index contributed by atoms with van der Waals surface area (Å²) in [6, 6.07) is 3.97. The molecule has 0 unspecified atom stereocenters. The highest BCUT2D eigenvalue weighted by molar-refractivity contribution is 7.13. The fraction of sp³-hybridized carbons (Fsp3) is 0.118. The van der Waals surface area contributed by atoms with Gasteiger partial charge in [0.25, 0.3) is 5.91 Å². The Morgan fingerprint density at radius 1 is 1.11 bits per heavy atom. The molecule has 1 N–H and O–H groups in total. The van der Waals surface area contributed by atoms with Crippen molar-refractivity contribution in [1.82, 2.24) is 10.2 Å². The first-order valence-corrected chi connectivity index (χ1v) is 8.45. The molecule has 0 radical (unpaired) electrons. The molecule has 146 valence electrons. The summed E-state index contributed by atoms with van der Waals surface area (Å²) in [5.41, 5.74) is -0.0592. The van der Waals surface area contributed by atoms with E-state index in [1.165, 1.54) is 18.5 Å². The molecule has 0 atom stereocenters. The first-order valence-electron chi connectivity index (χ1n) is 7.57. The van der Waals surface area contributed by atoms with E-state index in [0.717, 1.165) is 17.4 Å². The number of hydrogen-bond acceptors (Lipinski definition) is 5. The Morgan fingerprint density at radius 2 is 1.86 bits per heavy atom. The number of ether oxygens (including phenoxy) is 1. The van der Waals surface area contributed by atoms with E-state index < -0.39 is 40.6 Å². The lowest BCUT2D eigenvalue weighted by atomic mass is 10.1. The van der Waals surface area contributed by atoms with Gasteiger partial charge in [0.2, 0.25) is 5.13 Å². The van der Waals surface area contributed by atoms with Crippen molar-refractivity contribution in [3.63, 3.8) is 0 Å². The number of rotatable bonds is 4. The summed E-state index contributed by atoms with van der Waals surface area (Å²) in [4.78, 5) is 12.0. The molecule has 0 bridgehead atoms. The molecule has 5 nitrogen and oxygen atoms in total. The first-order chi connectivity index (χ1) is 13.1. The van der Waals surface area contributed by atoms with Crippen molar-refractivity contribution in [1.29, 1.82) is 0 Å². The first kappa shape index (κ1) is 19.7. The number of aryl methyl sites for hydroxylation is 1. The number of anilines is 1. The van der Waals surface area contributed by atoms with Crippen LogP contribution in [0.3, 0.4) is 0 Å². The van der Waals surface area contributed by atoms with Crippen LogP contribution in [0.1, 0.15) is 21.5 Å². The van der Waals surface area contributed by atoms with Gasteiger partial charge in [-0.2, -0.15) is 13.2 Å². The van der Waals surface area contributed by atoms with Gasteiger partial charge in [-0.05, 0) is 36.8 Å². The highest BCUT2D eigenvalue weighted by atomic mass is 32.1. The second-order valence-electron chi connectivity index (χ2n) is 5.60. The molecule has 0 aliphatic heterocycles. The van der Waals surface area contributed by atoms with Crippen molar-refractivity contribution >= 4 is 22.4 Å². The van der Waals surface area contributed by atoms with E-state index in [2.05, 4.69) is 15.5 Å². The number of aromatic nitrogens is 2. The van der Waals surface area contributed by atoms with E-state index in [-0.39, 0.29) is 16.4 Å². The van der Waals surface area contributed by atoms with Gasteiger partial charge >= 0.3 is 6.18 Å². The van der Waals surface area contributed by atoms with Crippen LogP contribution >= 0.6 is 11.3 Å². The molecule has 0 aliphatic rings. The second-order valence-corrected chi connectivity index (χ2v) is 6.43. The van der Waals surface area contributed by atoms with Crippen LogP contribution in [0.2, 0.25) is 0 Å². The molecule has 0 saturated carbocycles. The SMILES string of the molecule is Cc1cc(Oc2cc(F)c(C(=O)Nc3nncs3)cc2F)cc(C(F)(F)F)c1. The van der Waals surface area contributed by atoms with E-state index in [9.17, 15) is 26.7 Å². The topological polar surface area (TPSA) is 64.1 Å². The molecule has 0 saturated heterocycles. The number of nitrogens with zero attached hydrogens (tertiary/aromatic N) is 2. The minimum Gasteiger partial charge on any atom is -0.454 e.